The van der Waals surface area contributed by atoms with Crippen LogP contribution in [0.2, 0.25) is 0 Å². The molecule has 2 aliphatic rings. The maximum atomic E-state index is 14.4. The molecule has 252 valence electrons. The number of sulfonamides is 1. The number of amides is 1. The van der Waals surface area contributed by atoms with E-state index >= 15 is 0 Å². The molecule has 2 atom stereocenters. The van der Waals surface area contributed by atoms with E-state index in [9.17, 15) is 13.2 Å². The van der Waals surface area contributed by atoms with Gasteiger partial charge in [0.1, 0.15) is 12.4 Å². The highest BCUT2D eigenvalue weighted by Crippen LogP contribution is 2.32. The van der Waals surface area contributed by atoms with Gasteiger partial charge in [-0.3, -0.25) is 9.78 Å². The van der Waals surface area contributed by atoms with Gasteiger partial charge in [-0.05, 0) is 61.4 Å². The van der Waals surface area contributed by atoms with E-state index in [0.717, 1.165) is 23.1 Å². The van der Waals surface area contributed by atoms with Crippen molar-refractivity contribution in [1.29, 1.82) is 0 Å². The Labute approximate surface area is 281 Å². The van der Waals surface area contributed by atoms with E-state index in [1.54, 1.807) is 35.5 Å². The van der Waals surface area contributed by atoms with Crippen LogP contribution in [0.15, 0.2) is 65.8 Å². The highest BCUT2D eigenvalue weighted by atomic mass is 32.2. The van der Waals surface area contributed by atoms with Crippen LogP contribution < -0.4 is 14.8 Å². The minimum Gasteiger partial charge on any atom is -0.475 e. The molecule has 1 saturated heterocycles. The van der Waals surface area contributed by atoms with E-state index < -0.39 is 16.1 Å². The van der Waals surface area contributed by atoms with Gasteiger partial charge in [-0.15, -0.1) is 0 Å². The summed E-state index contributed by atoms with van der Waals surface area (Å²) < 4.78 is 41.7. The number of hydrogen-bond acceptors (Lipinski definition) is 10. The lowest BCUT2D eigenvalue weighted by molar-refractivity contribution is 0.0509. The molecule has 0 radical (unpaired) electrons. The van der Waals surface area contributed by atoms with Gasteiger partial charge >= 0.3 is 0 Å². The van der Waals surface area contributed by atoms with Crippen molar-refractivity contribution in [1.82, 2.24) is 24.8 Å². The fourth-order valence-electron chi connectivity index (χ4n) is 6.13. The molecule has 0 saturated carbocycles. The predicted octanol–water partition coefficient (Wildman–Crippen LogP) is 5.39. The summed E-state index contributed by atoms with van der Waals surface area (Å²) in [6.45, 7) is 11.7. The Kier molecular flexibility index (Phi) is 9.35. The summed E-state index contributed by atoms with van der Waals surface area (Å²) in [6, 6.07) is 13.3. The molecule has 48 heavy (non-hydrogen) atoms. The molecule has 2 N–H and O–H groups in total. The van der Waals surface area contributed by atoms with E-state index in [1.165, 1.54) is 12.1 Å². The number of anilines is 2. The van der Waals surface area contributed by atoms with Gasteiger partial charge < -0.3 is 19.7 Å². The Morgan fingerprint density at radius 2 is 1.77 bits per heavy atom. The molecule has 1 fully saturated rings. The molecule has 13 heteroatoms. The molecular weight excluding hydrogens is 630 g/mol. The van der Waals surface area contributed by atoms with E-state index in [1.807, 2.05) is 32.0 Å². The van der Waals surface area contributed by atoms with Crippen LogP contribution in [-0.4, -0.2) is 71.1 Å². The van der Waals surface area contributed by atoms with Crippen LogP contribution in [0.3, 0.4) is 0 Å². The monoisotopic (exact) mass is 671 g/mol. The SMILES string of the molecule is Cc1cccc(C)c1-c1cc2nc(n1)NS(=O)(=O)c1cccc(c1)C(=O)N(Cc1cncc(NC3CCOC3)n1)[C@H](CC(C)(C)C)CO2. The highest BCUT2D eigenvalue weighted by Gasteiger charge is 2.32. The number of fused-ring (bicyclic) bond motifs is 4. The first kappa shape index (κ1) is 33.3. The number of carbonyl (C=O) groups is 1. The smallest absolute Gasteiger partial charge is 0.264 e. The number of aromatic nitrogens is 4. The van der Waals surface area contributed by atoms with E-state index in [-0.39, 0.29) is 52.8 Å². The lowest BCUT2D eigenvalue weighted by Crippen LogP contribution is -2.45. The number of aryl methyl sites for hydroxylation is 2. The van der Waals surface area contributed by atoms with Crippen LogP contribution in [0.5, 0.6) is 5.88 Å². The molecule has 4 bridgehead atoms. The van der Waals surface area contributed by atoms with Gasteiger partial charge in [0, 0.05) is 23.8 Å². The van der Waals surface area contributed by atoms with Crippen molar-refractivity contribution in [2.45, 2.75) is 71.0 Å². The van der Waals surface area contributed by atoms with Crippen molar-refractivity contribution >= 4 is 27.7 Å². The van der Waals surface area contributed by atoms with Gasteiger partial charge in [0.05, 0.1) is 53.9 Å². The number of nitrogens with zero attached hydrogens (tertiary/aromatic N) is 5. The lowest BCUT2D eigenvalue weighted by atomic mass is 9.87. The van der Waals surface area contributed by atoms with Crippen LogP contribution in [0.25, 0.3) is 11.3 Å². The third-order valence-electron chi connectivity index (χ3n) is 8.33. The number of hydrogen-bond donors (Lipinski definition) is 2. The molecule has 4 aromatic rings. The summed E-state index contributed by atoms with van der Waals surface area (Å²) in [5.74, 6) is 0.291. The maximum absolute atomic E-state index is 14.4. The number of rotatable bonds is 6. The summed E-state index contributed by atoms with van der Waals surface area (Å²) in [5, 5.41) is 3.37. The second kappa shape index (κ2) is 13.5. The minimum atomic E-state index is -4.18. The minimum absolute atomic E-state index is 0.0862. The molecule has 2 aromatic carbocycles. The van der Waals surface area contributed by atoms with Gasteiger partial charge in [0.2, 0.25) is 11.8 Å². The highest BCUT2D eigenvalue weighted by molar-refractivity contribution is 7.92. The normalized spacial score (nSPS) is 19.4. The summed E-state index contributed by atoms with van der Waals surface area (Å²) in [7, 11) is -4.18. The topological polar surface area (TPSA) is 149 Å². The fourth-order valence-corrected chi connectivity index (χ4v) is 7.12. The first-order valence-electron chi connectivity index (χ1n) is 16.0. The molecule has 2 aliphatic heterocycles. The summed E-state index contributed by atoms with van der Waals surface area (Å²) in [4.78, 5) is 34.3. The van der Waals surface area contributed by atoms with Crippen molar-refractivity contribution in [3.05, 3.63) is 83.3 Å². The van der Waals surface area contributed by atoms with Crippen LogP contribution in [0.1, 0.15) is 60.8 Å². The van der Waals surface area contributed by atoms with Gasteiger partial charge in [-0.25, -0.2) is 23.1 Å². The van der Waals surface area contributed by atoms with Gasteiger partial charge in [-0.1, -0.05) is 45.0 Å². The zero-order chi connectivity index (χ0) is 34.1. The van der Waals surface area contributed by atoms with E-state index in [0.29, 0.717) is 36.8 Å². The molecule has 1 amide bonds. The van der Waals surface area contributed by atoms with Crippen molar-refractivity contribution in [3.63, 3.8) is 0 Å². The lowest BCUT2D eigenvalue weighted by Gasteiger charge is -2.35. The number of nitrogens with one attached hydrogen (secondary N) is 2. The first-order valence-corrected chi connectivity index (χ1v) is 17.5. The second-order valence-electron chi connectivity index (χ2n) is 13.6. The first-order chi connectivity index (χ1) is 22.8. The number of carbonyl (C=O) groups excluding carboxylic acids is 1. The third kappa shape index (κ3) is 7.74. The average molecular weight is 672 g/mol. The van der Waals surface area contributed by atoms with E-state index in [2.05, 4.69) is 45.8 Å². The predicted molar refractivity (Wildman–Crippen MR) is 182 cm³/mol. The Hall–Kier alpha value is -4.62. The van der Waals surface area contributed by atoms with E-state index in [4.69, 9.17) is 14.5 Å². The van der Waals surface area contributed by atoms with Crippen LogP contribution >= 0.6 is 0 Å². The second-order valence-corrected chi connectivity index (χ2v) is 15.3. The summed E-state index contributed by atoms with van der Waals surface area (Å²) in [6.07, 6.45) is 4.73. The number of benzene rings is 2. The number of ether oxygens (including phenoxy) is 2. The van der Waals surface area contributed by atoms with Gasteiger partial charge in [-0.2, -0.15) is 4.98 Å². The Morgan fingerprint density at radius 3 is 2.50 bits per heavy atom. The molecule has 6 rings (SSSR count). The average Bonchev–Trinajstić information content (AvgIpc) is 3.54. The molecule has 0 spiro atoms. The van der Waals surface area contributed by atoms with Crippen LogP contribution in [-0.2, 0) is 21.3 Å². The fraction of sp³-hybridized carbons (Fsp3) is 0.400. The van der Waals surface area contributed by atoms with Crippen molar-refractivity contribution in [3.8, 4) is 17.1 Å². The van der Waals surface area contributed by atoms with Crippen molar-refractivity contribution < 1.29 is 22.7 Å². The largest absolute Gasteiger partial charge is 0.475 e. The quantitative estimate of drug-likeness (QED) is 0.273. The standard InChI is InChI=1S/C35H41N7O5S/c1-22-8-6-9-23(2)32(22)29-15-31-40-34(39-29)41-48(44,45)28-11-7-10-24(14-28)33(43)42(27(21-47-31)16-35(3,4)5)19-26-17-36-18-30(38-26)37-25-12-13-46-20-25/h6-11,14-15,17-18,25,27H,12-13,16,19-21H2,1-5H3,(H,37,38)(H,39,40,41)/t25?,27-/m1/s1. The zero-order valence-corrected chi connectivity index (χ0v) is 28.7. The molecule has 4 heterocycles. The Balaban J connectivity index is 1.45. The molecule has 0 aliphatic carbocycles. The molecular formula is C35H41N7O5S. The maximum Gasteiger partial charge on any atom is 0.264 e. The zero-order valence-electron chi connectivity index (χ0n) is 27.9. The molecule has 12 nitrogen and oxygen atoms in total. The molecule has 1 unspecified atom stereocenters. The van der Waals surface area contributed by atoms with Crippen LogP contribution in [0.4, 0.5) is 11.8 Å². The molecule has 2 aromatic heterocycles. The summed E-state index contributed by atoms with van der Waals surface area (Å²) in [5.41, 5.74) is 3.90. The van der Waals surface area contributed by atoms with Crippen LogP contribution in [0, 0.1) is 19.3 Å². The van der Waals surface area contributed by atoms with Gasteiger partial charge in [0.15, 0.2) is 0 Å². The van der Waals surface area contributed by atoms with Crippen molar-refractivity contribution in [2.75, 3.05) is 29.9 Å². The summed E-state index contributed by atoms with van der Waals surface area (Å²) >= 11 is 0. The van der Waals surface area contributed by atoms with Gasteiger partial charge in [0.25, 0.3) is 15.9 Å². The Bertz CT molecular complexity index is 1900. The third-order valence-corrected chi connectivity index (χ3v) is 9.65. The Morgan fingerprint density at radius 1 is 1.00 bits per heavy atom. The van der Waals surface area contributed by atoms with Crippen molar-refractivity contribution in [2.24, 2.45) is 5.41 Å².